The molecule has 1 aromatic rings. The van der Waals surface area contributed by atoms with Crippen LogP contribution in [0.1, 0.15) is 23.8 Å². The van der Waals surface area contributed by atoms with Gasteiger partial charge in [-0.2, -0.15) is 5.10 Å². The molecule has 0 aliphatic rings. The number of hydrogen-bond donors (Lipinski definition) is 4. The van der Waals surface area contributed by atoms with Crippen molar-refractivity contribution in [2.75, 3.05) is 0 Å². The fraction of sp³-hybridized carbons (Fsp3) is 0.333. The van der Waals surface area contributed by atoms with Gasteiger partial charge in [-0.3, -0.25) is 9.59 Å². The van der Waals surface area contributed by atoms with E-state index in [-0.39, 0.29) is 29.6 Å². The summed E-state index contributed by atoms with van der Waals surface area (Å²) in [6.07, 6.45) is 0.214. The molecule has 1 unspecified atom stereocenters. The molecule has 1 aromatic heterocycles. The molecule has 8 nitrogen and oxygen atoms in total. The van der Waals surface area contributed by atoms with Crippen LogP contribution in [0.3, 0.4) is 0 Å². The van der Waals surface area contributed by atoms with E-state index in [9.17, 15) is 9.59 Å². The zero-order valence-corrected chi connectivity index (χ0v) is 9.17. The van der Waals surface area contributed by atoms with Crippen molar-refractivity contribution < 1.29 is 10.0 Å². The molecular weight excluding hydrogens is 226 g/mol. The van der Waals surface area contributed by atoms with E-state index in [1.54, 1.807) is 6.92 Å². The number of carbonyl (C=O) groups excluding carboxylic acids is 1. The quantitative estimate of drug-likeness (QED) is 0.232. The molecular formula is C9H13N5O3. The second-order valence-electron chi connectivity index (χ2n) is 3.48. The number of aromatic nitrogens is 2. The van der Waals surface area contributed by atoms with Gasteiger partial charge in [-0.15, -0.1) is 0 Å². The summed E-state index contributed by atoms with van der Waals surface area (Å²) in [6, 6.07) is 2.20. The first-order valence-corrected chi connectivity index (χ1v) is 4.86. The van der Waals surface area contributed by atoms with Crippen LogP contribution in [0.2, 0.25) is 0 Å². The number of oxime groups is 1. The number of amides is 1. The van der Waals surface area contributed by atoms with Crippen LogP contribution in [-0.4, -0.2) is 33.2 Å². The van der Waals surface area contributed by atoms with Gasteiger partial charge in [0.1, 0.15) is 11.5 Å². The summed E-state index contributed by atoms with van der Waals surface area (Å²) in [5.74, 6) is -0.424. The van der Waals surface area contributed by atoms with E-state index in [2.05, 4.69) is 20.7 Å². The number of amidine groups is 1. The van der Waals surface area contributed by atoms with Gasteiger partial charge in [0.05, 0.1) is 0 Å². The number of aromatic amines is 1. The molecule has 5 N–H and O–H groups in total. The second kappa shape index (κ2) is 5.64. The van der Waals surface area contributed by atoms with Gasteiger partial charge in [0.2, 0.25) is 0 Å². The van der Waals surface area contributed by atoms with E-state index in [1.165, 1.54) is 12.1 Å². The van der Waals surface area contributed by atoms with E-state index in [1.807, 2.05) is 0 Å². The number of nitrogens with two attached hydrogens (primary N) is 1. The Morgan fingerprint density at radius 3 is 2.94 bits per heavy atom. The minimum atomic E-state index is -0.445. The molecule has 1 atom stereocenters. The third-order valence-electron chi connectivity index (χ3n) is 1.93. The molecule has 0 bridgehead atoms. The topological polar surface area (TPSA) is 133 Å². The van der Waals surface area contributed by atoms with Crippen LogP contribution in [0, 0.1) is 0 Å². The van der Waals surface area contributed by atoms with Crippen molar-refractivity contribution in [3.63, 3.8) is 0 Å². The van der Waals surface area contributed by atoms with Crippen LogP contribution >= 0.6 is 0 Å². The standard InChI is InChI=1S/C9H13N5O3/c1-5(4-7(10)14-17)11-9(16)6-2-3-8(15)13-12-6/h2-3,5,17H,4H2,1H3,(H2,10,14)(H,11,16)(H,13,15). The van der Waals surface area contributed by atoms with E-state index in [4.69, 9.17) is 10.9 Å². The van der Waals surface area contributed by atoms with Gasteiger partial charge in [0.15, 0.2) is 0 Å². The zero-order valence-electron chi connectivity index (χ0n) is 9.17. The molecule has 0 radical (unpaired) electrons. The Bertz CT molecular complexity index is 461. The number of H-pyrrole nitrogens is 1. The van der Waals surface area contributed by atoms with Crippen LogP contribution in [-0.2, 0) is 0 Å². The molecule has 1 rings (SSSR count). The number of nitrogens with one attached hydrogen (secondary N) is 2. The number of rotatable bonds is 4. The number of nitrogens with zero attached hydrogens (tertiary/aromatic N) is 2. The first-order chi connectivity index (χ1) is 8.02. The largest absolute Gasteiger partial charge is 0.409 e. The fourth-order valence-corrected chi connectivity index (χ4v) is 1.17. The molecule has 0 aliphatic heterocycles. The highest BCUT2D eigenvalue weighted by Crippen LogP contribution is 1.94. The highest BCUT2D eigenvalue weighted by atomic mass is 16.4. The van der Waals surface area contributed by atoms with Gasteiger partial charge in [0, 0.05) is 18.5 Å². The molecule has 0 saturated heterocycles. The molecule has 0 aliphatic carbocycles. The Morgan fingerprint density at radius 2 is 2.41 bits per heavy atom. The monoisotopic (exact) mass is 239 g/mol. The van der Waals surface area contributed by atoms with Gasteiger partial charge in [-0.1, -0.05) is 5.16 Å². The van der Waals surface area contributed by atoms with Gasteiger partial charge in [0.25, 0.3) is 11.5 Å². The SMILES string of the molecule is CC(C/C(N)=N/O)NC(=O)c1ccc(=O)[nH]n1. The lowest BCUT2D eigenvalue weighted by atomic mass is 10.2. The summed E-state index contributed by atoms with van der Waals surface area (Å²) in [6.45, 7) is 1.70. The number of hydrogen-bond acceptors (Lipinski definition) is 5. The Morgan fingerprint density at radius 1 is 1.71 bits per heavy atom. The number of carbonyl (C=O) groups is 1. The van der Waals surface area contributed by atoms with Crippen LogP contribution in [0.15, 0.2) is 22.1 Å². The van der Waals surface area contributed by atoms with Crippen LogP contribution < -0.4 is 16.6 Å². The molecule has 8 heteroatoms. The van der Waals surface area contributed by atoms with Crippen molar-refractivity contribution in [3.8, 4) is 0 Å². The lowest BCUT2D eigenvalue weighted by Gasteiger charge is -2.11. The Labute approximate surface area is 96.5 Å². The molecule has 0 fully saturated rings. The Balaban J connectivity index is 2.60. The molecule has 0 aromatic carbocycles. The van der Waals surface area contributed by atoms with E-state index in [0.717, 1.165) is 0 Å². The summed E-state index contributed by atoms with van der Waals surface area (Å²) < 4.78 is 0. The first-order valence-electron chi connectivity index (χ1n) is 4.86. The Hall–Kier alpha value is -2.38. The predicted octanol–water partition coefficient (Wildman–Crippen LogP) is -0.975. The summed E-state index contributed by atoms with van der Waals surface area (Å²) in [5.41, 5.74) is 5.00. The fourth-order valence-electron chi connectivity index (χ4n) is 1.17. The van der Waals surface area contributed by atoms with E-state index >= 15 is 0 Å². The lowest BCUT2D eigenvalue weighted by molar-refractivity contribution is 0.0935. The lowest BCUT2D eigenvalue weighted by Crippen LogP contribution is -2.36. The first kappa shape index (κ1) is 12.7. The molecule has 0 saturated carbocycles. The molecule has 0 spiro atoms. The van der Waals surface area contributed by atoms with Crippen molar-refractivity contribution in [1.82, 2.24) is 15.5 Å². The van der Waals surface area contributed by atoms with E-state index < -0.39 is 5.91 Å². The minimum absolute atomic E-state index is 0.0206. The van der Waals surface area contributed by atoms with Gasteiger partial charge in [-0.05, 0) is 13.0 Å². The van der Waals surface area contributed by atoms with Crippen molar-refractivity contribution in [1.29, 1.82) is 0 Å². The highest BCUT2D eigenvalue weighted by molar-refractivity contribution is 5.92. The van der Waals surface area contributed by atoms with Crippen LogP contribution in [0.25, 0.3) is 0 Å². The van der Waals surface area contributed by atoms with Crippen LogP contribution in [0.4, 0.5) is 0 Å². The smallest absolute Gasteiger partial charge is 0.271 e. The summed E-state index contributed by atoms with van der Waals surface area (Å²) in [7, 11) is 0. The van der Waals surface area contributed by atoms with Gasteiger partial charge < -0.3 is 16.3 Å². The minimum Gasteiger partial charge on any atom is -0.409 e. The van der Waals surface area contributed by atoms with E-state index in [0.29, 0.717) is 0 Å². The maximum atomic E-state index is 11.6. The Kier molecular flexibility index (Phi) is 4.21. The third kappa shape index (κ3) is 3.93. The van der Waals surface area contributed by atoms with Crippen molar-refractivity contribution >= 4 is 11.7 Å². The van der Waals surface area contributed by atoms with Crippen molar-refractivity contribution in [2.45, 2.75) is 19.4 Å². The summed E-state index contributed by atoms with van der Waals surface area (Å²) in [4.78, 5) is 22.3. The summed E-state index contributed by atoms with van der Waals surface area (Å²) >= 11 is 0. The maximum absolute atomic E-state index is 11.6. The average molecular weight is 239 g/mol. The average Bonchev–Trinajstić information content (AvgIpc) is 2.29. The van der Waals surface area contributed by atoms with Crippen molar-refractivity contribution in [3.05, 3.63) is 28.2 Å². The normalized spacial score (nSPS) is 13.1. The molecule has 17 heavy (non-hydrogen) atoms. The predicted molar refractivity (Wildman–Crippen MR) is 59.8 cm³/mol. The van der Waals surface area contributed by atoms with Gasteiger partial charge in [-0.25, -0.2) is 5.10 Å². The molecule has 1 amide bonds. The maximum Gasteiger partial charge on any atom is 0.271 e. The molecule has 92 valence electrons. The van der Waals surface area contributed by atoms with Crippen molar-refractivity contribution in [2.24, 2.45) is 10.9 Å². The molecule has 1 heterocycles. The zero-order chi connectivity index (χ0) is 12.8. The summed E-state index contributed by atoms with van der Waals surface area (Å²) in [5, 5.41) is 19.5. The van der Waals surface area contributed by atoms with Gasteiger partial charge >= 0.3 is 0 Å². The highest BCUT2D eigenvalue weighted by Gasteiger charge is 2.12. The third-order valence-corrected chi connectivity index (χ3v) is 1.93. The second-order valence-corrected chi connectivity index (χ2v) is 3.48. The van der Waals surface area contributed by atoms with Crippen LogP contribution in [0.5, 0.6) is 0 Å².